The van der Waals surface area contributed by atoms with Gasteiger partial charge in [0.25, 0.3) is 0 Å². The summed E-state index contributed by atoms with van der Waals surface area (Å²) in [5.41, 5.74) is 5.84. The quantitative estimate of drug-likeness (QED) is 0.682. The fourth-order valence-corrected chi connectivity index (χ4v) is 2.14. The van der Waals surface area contributed by atoms with Crippen molar-refractivity contribution in [2.45, 2.75) is 52.1 Å². The number of nitrogens with two attached hydrogens (primary N) is 1. The lowest BCUT2D eigenvalue weighted by Gasteiger charge is -2.34. The van der Waals surface area contributed by atoms with E-state index in [4.69, 9.17) is 5.73 Å². The van der Waals surface area contributed by atoms with Crippen LogP contribution in [0.25, 0.3) is 0 Å². The van der Waals surface area contributed by atoms with Gasteiger partial charge in [0.2, 0.25) is 0 Å². The second-order valence-corrected chi connectivity index (χ2v) is 4.47. The Morgan fingerprint density at radius 3 is 2.31 bits per heavy atom. The lowest BCUT2D eigenvalue weighted by molar-refractivity contribution is 0.140. The minimum absolute atomic E-state index is 0.647. The zero-order valence-corrected chi connectivity index (χ0v) is 9.29. The Kier molecular flexibility index (Phi) is 4.20. The van der Waals surface area contributed by atoms with E-state index in [0.29, 0.717) is 12.1 Å². The third-order valence-electron chi connectivity index (χ3n) is 2.98. The standard InChI is InChI=1S/C11H24N2/c1-4-7-13(9(2)3)11(8-12)10-5-6-10/h9-11H,4-8,12H2,1-3H3. The summed E-state index contributed by atoms with van der Waals surface area (Å²) in [6.07, 6.45) is 4.03. The molecule has 2 nitrogen and oxygen atoms in total. The van der Waals surface area contributed by atoms with Crippen molar-refractivity contribution in [3.63, 3.8) is 0 Å². The minimum Gasteiger partial charge on any atom is -0.329 e. The molecule has 1 rings (SSSR count). The highest BCUT2D eigenvalue weighted by Gasteiger charge is 2.34. The first-order valence-electron chi connectivity index (χ1n) is 5.66. The van der Waals surface area contributed by atoms with Crippen LogP contribution in [0, 0.1) is 5.92 Å². The van der Waals surface area contributed by atoms with Crippen molar-refractivity contribution in [1.29, 1.82) is 0 Å². The lowest BCUT2D eigenvalue weighted by atomic mass is 10.1. The average molecular weight is 184 g/mol. The molecule has 0 bridgehead atoms. The average Bonchev–Trinajstić information content (AvgIpc) is 2.88. The number of hydrogen-bond donors (Lipinski definition) is 1. The van der Waals surface area contributed by atoms with Crippen molar-refractivity contribution in [2.24, 2.45) is 11.7 Å². The van der Waals surface area contributed by atoms with Crippen LogP contribution in [0.4, 0.5) is 0 Å². The van der Waals surface area contributed by atoms with Crippen molar-refractivity contribution in [1.82, 2.24) is 4.90 Å². The maximum atomic E-state index is 5.84. The predicted octanol–water partition coefficient (Wildman–Crippen LogP) is 1.84. The van der Waals surface area contributed by atoms with Crippen LogP contribution in [0.1, 0.15) is 40.0 Å². The van der Waals surface area contributed by atoms with Gasteiger partial charge in [-0.2, -0.15) is 0 Å². The van der Waals surface area contributed by atoms with Gasteiger partial charge < -0.3 is 5.73 Å². The number of hydrogen-bond acceptors (Lipinski definition) is 2. The first-order chi connectivity index (χ1) is 6.20. The fraction of sp³-hybridized carbons (Fsp3) is 1.00. The summed E-state index contributed by atoms with van der Waals surface area (Å²) < 4.78 is 0. The molecule has 2 N–H and O–H groups in total. The molecule has 1 unspecified atom stereocenters. The maximum absolute atomic E-state index is 5.84. The van der Waals surface area contributed by atoms with Gasteiger partial charge in [-0.25, -0.2) is 0 Å². The van der Waals surface area contributed by atoms with E-state index in [1.165, 1.54) is 25.8 Å². The molecule has 0 aromatic rings. The van der Waals surface area contributed by atoms with E-state index < -0.39 is 0 Å². The van der Waals surface area contributed by atoms with E-state index in [1.54, 1.807) is 0 Å². The SMILES string of the molecule is CCCN(C(C)C)C(CN)C1CC1. The largest absolute Gasteiger partial charge is 0.329 e. The van der Waals surface area contributed by atoms with Crippen molar-refractivity contribution >= 4 is 0 Å². The summed E-state index contributed by atoms with van der Waals surface area (Å²) >= 11 is 0. The Morgan fingerprint density at radius 1 is 1.38 bits per heavy atom. The Bertz CT molecular complexity index is 141. The molecule has 2 heteroatoms. The van der Waals surface area contributed by atoms with Gasteiger partial charge in [0, 0.05) is 18.6 Å². The van der Waals surface area contributed by atoms with Crippen molar-refractivity contribution in [3.8, 4) is 0 Å². The van der Waals surface area contributed by atoms with Crippen LogP contribution in [-0.2, 0) is 0 Å². The minimum atomic E-state index is 0.647. The molecular formula is C11H24N2. The van der Waals surface area contributed by atoms with E-state index in [9.17, 15) is 0 Å². The smallest absolute Gasteiger partial charge is 0.0249 e. The van der Waals surface area contributed by atoms with Crippen molar-refractivity contribution < 1.29 is 0 Å². The third kappa shape index (κ3) is 2.96. The highest BCUT2D eigenvalue weighted by atomic mass is 15.2. The molecule has 0 spiro atoms. The molecule has 1 atom stereocenters. The number of rotatable bonds is 6. The van der Waals surface area contributed by atoms with E-state index >= 15 is 0 Å². The van der Waals surface area contributed by atoms with E-state index in [0.717, 1.165) is 12.5 Å². The summed E-state index contributed by atoms with van der Waals surface area (Å²) in [4.78, 5) is 2.58. The Morgan fingerprint density at radius 2 is 2.00 bits per heavy atom. The van der Waals surface area contributed by atoms with Crippen LogP contribution < -0.4 is 5.73 Å². The highest BCUT2D eigenvalue weighted by molar-refractivity contribution is 4.89. The van der Waals surface area contributed by atoms with E-state index in [1.807, 2.05) is 0 Å². The van der Waals surface area contributed by atoms with Gasteiger partial charge in [-0.3, -0.25) is 4.90 Å². The molecule has 0 saturated heterocycles. The van der Waals surface area contributed by atoms with Gasteiger partial charge in [-0.05, 0) is 45.6 Å². The monoisotopic (exact) mass is 184 g/mol. The van der Waals surface area contributed by atoms with Gasteiger partial charge in [0.05, 0.1) is 0 Å². The molecule has 0 aliphatic heterocycles. The van der Waals surface area contributed by atoms with Crippen LogP contribution in [-0.4, -0.2) is 30.1 Å². The van der Waals surface area contributed by atoms with Crippen molar-refractivity contribution in [3.05, 3.63) is 0 Å². The van der Waals surface area contributed by atoms with Crippen LogP contribution in [0.15, 0.2) is 0 Å². The Balaban J connectivity index is 2.48. The molecular weight excluding hydrogens is 160 g/mol. The fourth-order valence-electron chi connectivity index (χ4n) is 2.14. The molecule has 78 valence electrons. The molecule has 1 saturated carbocycles. The second kappa shape index (κ2) is 4.97. The molecule has 0 radical (unpaired) electrons. The summed E-state index contributed by atoms with van der Waals surface area (Å²) in [5, 5.41) is 0. The van der Waals surface area contributed by atoms with Gasteiger partial charge in [-0.1, -0.05) is 6.92 Å². The van der Waals surface area contributed by atoms with Crippen LogP contribution in [0.5, 0.6) is 0 Å². The first-order valence-corrected chi connectivity index (χ1v) is 5.66. The molecule has 0 amide bonds. The second-order valence-electron chi connectivity index (χ2n) is 4.47. The summed E-state index contributed by atoms with van der Waals surface area (Å²) in [7, 11) is 0. The first kappa shape index (κ1) is 11.0. The molecule has 1 fully saturated rings. The zero-order chi connectivity index (χ0) is 9.84. The summed E-state index contributed by atoms with van der Waals surface area (Å²) in [5.74, 6) is 0.902. The zero-order valence-electron chi connectivity index (χ0n) is 9.29. The summed E-state index contributed by atoms with van der Waals surface area (Å²) in [6.45, 7) is 8.84. The molecule has 0 aromatic carbocycles. The summed E-state index contributed by atoms with van der Waals surface area (Å²) in [6, 6.07) is 1.30. The van der Waals surface area contributed by atoms with Gasteiger partial charge in [0.15, 0.2) is 0 Å². The van der Waals surface area contributed by atoms with Gasteiger partial charge in [0.1, 0.15) is 0 Å². The van der Waals surface area contributed by atoms with Gasteiger partial charge >= 0.3 is 0 Å². The Hall–Kier alpha value is -0.0800. The maximum Gasteiger partial charge on any atom is 0.0249 e. The molecule has 0 aromatic heterocycles. The lowest BCUT2D eigenvalue weighted by Crippen LogP contribution is -2.46. The topological polar surface area (TPSA) is 29.3 Å². The normalized spacial score (nSPS) is 19.8. The number of nitrogens with zero attached hydrogens (tertiary/aromatic N) is 1. The predicted molar refractivity (Wildman–Crippen MR) is 57.7 cm³/mol. The molecule has 0 heterocycles. The van der Waals surface area contributed by atoms with E-state index in [-0.39, 0.29) is 0 Å². The van der Waals surface area contributed by atoms with Crippen molar-refractivity contribution in [2.75, 3.05) is 13.1 Å². The van der Waals surface area contributed by atoms with Crippen LogP contribution >= 0.6 is 0 Å². The van der Waals surface area contributed by atoms with Gasteiger partial charge in [-0.15, -0.1) is 0 Å². The Labute approximate surface area is 82.5 Å². The van der Waals surface area contributed by atoms with Crippen LogP contribution in [0.3, 0.4) is 0 Å². The van der Waals surface area contributed by atoms with Crippen LogP contribution in [0.2, 0.25) is 0 Å². The highest BCUT2D eigenvalue weighted by Crippen LogP contribution is 2.35. The third-order valence-corrected chi connectivity index (χ3v) is 2.98. The molecule has 1 aliphatic rings. The molecule has 13 heavy (non-hydrogen) atoms. The molecule has 1 aliphatic carbocycles. The van der Waals surface area contributed by atoms with E-state index in [2.05, 4.69) is 25.7 Å².